The standard InChI is InChI=1S/C6H18N3P.BF4/c1-7(2)10(8(3)4)9(5)6;2-1(3,4)5/h1-6H3;/q;-1/p+1. The van der Waals surface area contributed by atoms with E-state index < -0.39 is 15.6 Å². The van der Waals surface area contributed by atoms with Crippen LogP contribution < -0.4 is 0 Å². The molecule has 0 spiro atoms. The minimum atomic E-state index is -6.00. The summed E-state index contributed by atoms with van der Waals surface area (Å²) < 4.78 is 45.8. The molecule has 3 nitrogen and oxygen atoms in total. The Morgan fingerprint density at radius 1 is 0.667 bits per heavy atom. The molecule has 9 heteroatoms. The molecule has 0 rings (SSSR count). The van der Waals surface area contributed by atoms with E-state index >= 15 is 0 Å². The van der Waals surface area contributed by atoms with Crippen molar-refractivity contribution in [2.75, 3.05) is 42.3 Å². The van der Waals surface area contributed by atoms with E-state index in [0.717, 1.165) is 0 Å². The van der Waals surface area contributed by atoms with E-state index in [-0.39, 0.29) is 0 Å². The van der Waals surface area contributed by atoms with Crippen molar-refractivity contribution < 1.29 is 17.3 Å². The lowest BCUT2D eigenvalue weighted by Crippen LogP contribution is -2.25. The van der Waals surface area contributed by atoms with Gasteiger partial charge in [-0.2, -0.15) is 14.0 Å². The molecule has 0 unspecified atom stereocenters. The van der Waals surface area contributed by atoms with Crippen molar-refractivity contribution in [1.29, 1.82) is 0 Å². The van der Waals surface area contributed by atoms with Gasteiger partial charge in [-0.3, -0.25) is 0 Å². The number of hydrogen-bond acceptors (Lipinski definition) is 3. The molecule has 0 atom stereocenters. The van der Waals surface area contributed by atoms with Gasteiger partial charge < -0.3 is 17.3 Å². The van der Waals surface area contributed by atoms with E-state index in [1.807, 2.05) is 0 Å². The fourth-order valence-corrected chi connectivity index (χ4v) is 3.60. The fraction of sp³-hybridized carbons (Fsp3) is 1.00. The molecule has 15 heavy (non-hydrogen) atoms. The molecular weight excluding hydrogens is 232 g/mol. The van der Waals surface area contributed by atoms with Crippen LogP contribution in [-0.2, 0) is 0 Å². The Labute approximate surface area is 90.0 Å². The van der Waals surface area contributed by atoms with Gasteiger partial charge in [0.2, 0.25) is 8.37 Å². The van der Waals surface area contributed by atoms with Crippen LogP contribution in [0.1, 0.15) is 0 Å². The summed E-state index contributed by atoms with van der Waals surface area (Å²) in [6.45, 7) is 0. The van der Waals surface area contributed by atoms with Gasteiger partial charge in [0.15, 0.2) is 0 Å². The summed E-state index contributed by atoms with van der Waals surface area (Å²) in [5.41, 5.74) is 0. The third-order valence-corrected chi connectivity index (χ3v) is 3.60. The van der Waals surface area contributed by atoms with Crippen molar-refractivity contribution >= 4 is 15.6 Å². The SMILES string of the molecule is CN(C)[PH+](N(C)C)N(C)C.F[B-](F)(F)F. The number of halogens is 4. The lowest BCUT2D eigenvalue weighted by Gasteiger charge is -2.25. The maximum absolute atomic E-state index is 9.75. The van der Waals surface area contributed by atoms with Crippen molar-refractivity contribution in [2.45, 2.75) is 0 Å². The molecule has 0 aromatic heterocycles. The summed E-state index contributed by atoms with van der Waals surface area (Å²) in [7, 11) is 6.12. The van der Waals surface area contributed by atoms with Gasteiger partial charge in [-0.1, -0.05) is 0 Å². The fourth-order valence-electron chi connectivity index (χ4n) is 1.20. The van der Waals surface area contributed by atoms with E-state index in [0.29, 0.717) is 0 Å². The highest BCUT2D eigenvalue weighted by Gasteiger charge is 2.24. The van der Waals surface area contributed by atoms with Crippen LogP contribution in [0.25, 0.3) is 0 Å². The summed E-state index contributed by atoms with van der Waals surface area (Å²) in [5, 5.41) is 0. The van der Waals surface area contributed by atoms with Crippen molar-refractivity contribution in [2.24, 2.45) is 0 Å². The zero-order valence-electron chi connectivity index (χ0n) is 9.93. The average Bonchev–Trinajstić information content (AvgIpc) is 1.77. The van der Waals surface area contributed by atoms with Crippen LogP contribution in [0.2, 0.25) is 0 Å². The molecule has 0 aliphatic rings. The Balaban J connectivity index is 0. The van der Waals surface area contributed by atoms with Crippen molar-refractivity contribution in [3.05, 3.63) is 0 Å². The van der Waals surface area contributed by atoms with Crippen molar-refractivity contribution in [3.8, 4) is 0 Å². The maximum atomic E-state index is 9.75. The lowest BCUT2D eigenvalue weighted by atomic mass is 10.3. The van der Waals surface area contributed by atoms with Crippen LogP contribution in [0.4, 0.5) is 17.3 Å². The summed E-state index contributed by atoms with van der Waals surface area (Å²) in [5.74, 6) is 0. The van der Waals surface area contributed by atoms with E-state index in [2.05, 4.69) is 56.3 Å². The molecular formula is C6H19BF4N3P. The van der Waals surface area contributed by atoms with Crippen LogP contribution in [0.5, 0.6) is 0 Å². The summed E-state index contributed by atoms with van der Waals surface area (Å²) in [4.78, 5) is 0. The number of nitrogens with zero attached hydrogens (tertiary/aromatic N) is 3. The molecule has 0 aliphatic carbocycles. The average molecular weight is 251 g/mol. The molecule has 0 aromatic rings. The van der Waals surface area contributed by atoms with Gasteiger partial charge >= 0.3 is 7.25 Å². The van der Waals surface area contributed by atoms with Crippen LogP contribution in [0, 0.1) is 0 Å². The second-order valence-corrected chi connectivity index (χ2v) is 6.76. The van der Waals surface area contributed by atoms with Crippen LogP contribution in [0.15, 0.2) is 0 Å². The first-order valence-corrected chi connectivity index (χ1v) is 5.57. The Morgan fingerprint density at radius 3 is 0.800 bits per heavy atom. The van der Waals surface area contributed by atoms with Crippen LogP contribution in [0.3, 0.4) is 0 Å². The Kier molecular flexibility index (Phi) is 8.61. The first-order chi connectivity index (χ1) is 6.46. The topological polar surface area (TPSA) is 9.72 Å². The minimum Gasteiger partial charge on any atom is -0.418 e. The number of hydrogen-bond donors (Lipinski definition) is 0. The number of rotatable bonds is 3. The Morgan fingerprint density at radius 2 is 0.800 bits per heavy atom. The van der Waals surface area contributed by atoms with Gasteiger partial charge in [0.25, 0.3) is 0 Å². The van der Waals surface area contributed by atoms with E-state index in [4.69, 9.17) is 0 Å². The highest BCUT2D eigenvalue weighted by molar-refractivity contribution is 7.49. The van der Waals surface area contributed by atoms with Crippen molar-refractivity contribution in [1.82, 2.24) is 14.0 Å². The van der Waals surface area contributed by atoms with E-state index in [1.165, 1.54) is 0 Å². The predicted molar refractivity (Wildman–Crippen MR) is 59.6 cm³/mol. The monoisotopic (exact) mass is 251 g/mol. The molecule has 0 aromatic carbocycles. The largest absolute Gasteiger partial charge is 0.673 e. The highest BCUT2D eigenvalue weighted by Crippen LogP contribution is 2.40. The molecule has 0 saturated heterocycles. The molecule has 0 bridgehead atoms. The van der Waals surface area contributed by atoms with Gasteiger partial charge in [-0.15, -0.1) is 0 Å². The summed E-state index contributed by atoms with van der Waals surface area (Å²) >= 11 is 0. The molecule has 0 heterocycles. The third-order valence-electron chi connectivity index (χ3n) is 1.20. The van der Waals surface area contributed by atoms with Gasteiger partial charge in [0.1, 0.15) is 0 Å². The van der Waals surface area contributed by atoms with E-state index in [9.17, 15) is 17.3 Å². The Bertz CT molecular complexity index is 140. The molecule has 0 fully saturated rings. The Hall–Kier alpha value is 0.0949. The first kappa shape index (κ1) is 17.5. The second kappa shape index (κ2) is 7.38. The smallest absolute Gasteiger partial charge is 0.418 e. The molecule has 0 amide bonds. The lowest BCUT2D eigenvalue weighted by molar-refractivity contribution is 0.368. The van der Waals surface area contributed by atoms with Gasteiger partial charge in [0.05, 0.1) is 0 Å². The molecule has 0 radical (unpaired) electrons. The molecule has 0 aliphatic heterocycles. The van der Waals surface area contributed by atoms with Gasteiger partial charge in [-0.25, -0.2) is 0 Å². The van der Waals surface area contributed by atoms with Crippen molar-refractivity contribution in [3.63, 3.8) is 0 Å². The quantitative estimate of drug-likeness (QED) is 0.431. The van der Waals surface area contributed by atoms with Gasteiger partial charge in [-0.05, 0) is 0 Å². The zero-order chi connectivity index (χ0) is 12.8. The van der Waals surface area contributed by atoms with E-state index in [1.54, 1.807) is 0 Å². The third kappa shape index (κ3) is 14.1. The predicted octanol–water partition coefficient (Wildman–Crippen LogP) is 1.93. The van der Waals surface area contributed by atoms with Crippen LogP contribution in [-0.4, -0.2) is 63.6 Å². The molecule has 0 saturated carbocycles. The first-order valence-electron chi connectivity index (χ1n) is 4.23. The normalized spacial score (nSPS) is 12.4. The minimum absolute atomic E-state index is 0.596. The van der Waals surface area contributed by atoms with Crippen LogP contribution >= 0.6 is 8.37 Å². The summed E-state index contributed by atoms with van der Waals surface area (Å²) in [6.07, 6.45) is 0. The second-order valence-electron chi connectivity index (χ2n) is 3.48. The summed E-state index contributed by atoms with van der Waals surface area (Å²) in [6, 6.07) is 0. The molecule has 94 valence electrons. The molecule has 0 N–H and O–H groups in total. The zero-order valence-corrected chi connectivity index (χ0v) is 10.9. The highest BCUT2D eigenvalue weighted by atomic mass is 31.2. The maximum Gasteiger partial charge on any atom is 0.673 e. The van der Waals surface area contributed by atoms with Gasteiger partial charge in [0, 0.05) is 42.3 Å².